The summed E-state index contributed by atoms with van der Waals surface area (Å²) in [6.07, 6.45) is 9.48. The number of amides is 2. The predicted octanol–water partition coefficient (Wildman–Crippen LogP) is 3.52. The van der Waals surface area contributed by atoms with Crippen molar-refractivity contribution in [3.8, 4) is 0 Å². The number of benzene rings is 1. The van der Waals surface area contributed by atoms with Crippen LogP contribution in [-0.2, 0) is 4.79 Å². The van der Waals surface area contributed by atoms with Crippen LogP contribution in [0.25, 0.3) is 0 Å². The molecule has 0 spiro atoms. The highest BCUT2D eigenvalue weighted by Crippen LogP contribution is 2.31. The molecule has 2 atom stereocenters. The summed E-state index contributed by atoms with van der Waals surface area (Å²) in [4.78, 5) is 32.8. The van der Waals surface area contributed by atoms with Gasteiger partial charge in [0, 0.05) is 50.9 Å². The van der Waals surface area contributed by atoms with Gasteiger partial charge in [-0.15, -0.1) is 0 Å². The standard InChI is InChI=1S/C27H41FN4O2/c1-21-8-4-5-14-30(21)15-7-13-29-26(33)25(22-9-2-3-10-22)31-16-18-32(19-17-31)27(34)23-11-6-12-24(28)20-23/h6,11-12,20-22,25H,2-5,7-10,13-19H2,1H3,(H,29,33)/t21-,25+/m0/s1. The molecule has 0 aromatic heterocycles. The maximum absolute atomic E-state index is 13.6. The smallest absolute Gasteiger partial charge is 0.254 e. The third-order valence-corrected chi connectivity index (χ3v) is 8.04. The number of piperazine rings is 1. The molecular weight excluding hydrogens is 431 g/mol. The average molecular weight is 473 g/mol. The van der Waals surface area contributed by atoms with E-state index in [1.165, 1.54) is 50.8 Å². The van der Waals surface area contributed by atoms with Gasteiger partial charge in [-0.1, -0.05) is 25.3 Å². The summed E-state index contributed by atoms with van der Waals surface area (Å²) >= 11 is 0. The lowest BCUT2D eigenvalue weighted by Crippen LogP contribution is -2.58. The first-order chi connectivity index (χ1) is 16.5. The zero-order chi connectivity index (χ0) is 23.9. The first-order valence-corrected chi connectivity index (χ1v) is 13.3. The Balaban J connectivity index is 1.29. The number of nitrogens with zero attached hydrogens (tertiary/aromatic N) is 3. The minimum Gasteiger partial charge on any atom is -0.355 e. The van der Waals surface area contributed by atoms with Crippen molar-refractivity contribution in [3.05, 3.63) is 35.6 Å². The zero-order valence-electron chi connectivity index (χ0n) is 20.7. The van der Waals surface area contributed by atoms with Gasteiger partial charge in [0.05, 0.1) is 6.04 Å². The Kier molecular flexibility index (Phi) is 8.95. The van der Waals surface area contributed by atoms with Gasteiger partial charge in [-0.05, 0) is 69.7 Å². The SMILES string of the molecule is C[C@H]1CCCCN1CCCNC(=O)[C@@H](C1CCCC1)N1CCN(C(=O)c2cccc(F)c2)CC1. The molecule has 1 aromatic carbocycles. The van der Waals surface area contributed by atoms with Gasteiger partial charge < -0.3 is 15.1 Å². The highest BCUT2D eigenvalue weighted by molar-refractivity contribution is 5.94. The Morgan fingerprint density at radius 3 is 2.47 bits per heavy atom. The van der Waals surface area contributed by atoms with E-state index in [0.29, 0.717) is 43.7 Å². The Morgan fingerprint density at radius 1 is 1.03 bits per heavy atom. The van der Waals surface area contributed by atoms with Gasteiger partial charge in [0.15, 0.2) is 0 Å². The minimum atomic E-state index is -0.391. The van der Waals surface area contributed by atoms with E-state index in [1.807, 2.05) is 0 Å². The number of piperidine rings is 1. The van der Waals surface area contributed by atoms with E-state index in [-0.39, 0.29) is 17.9 Å². The molecule has 1 saturated carbocycles. The number of nitrogens with one attached hydrogen (secondary N) is 1. The number of rotatable bonds is 8. The Morgan fingerprint density at radius 2 is 1.76 bits per heavy atom. The summed E-state index contributed by atoms with van der Waals surface area (Å²) in [5, 5.41) is 3.25. The van der Waals surface area contributed by atoms with Gasteiger partial charge in [-0.3, -0.25) is 14.5 Å². The van der Waals surface area contributed by atoms with E-state index in [9.17, 15) is 14.0 Å². The molecule has 2 aliphatic heterocycles. The summed E-state index contributed by atoms with van der Waals surface area (Å²) in [6, 6.07) is 6.44. The highest BCUT2D eigenvalue weighted by atomic mass is 19.1. The van der Waals surface area contributed by atoms with E-state index in [1.54, 1.807) is 17.0 Å². The van der Waals surface area contributed by atoms with E-state index in [4.69, 9.17) is 0 Å². The highest BCUT2D eigenvalue weighted by Gasteiger charge is 2.37. The lowest BCUT2D eigenvalue weighted by molar-refractivity contribution is -0.129. The van der Waals surface area contributed by atoms with Crippen molar-refractivity contribution in [3.63, 3.8) is 0 Å². The van der Waals surface area contributed by atoms with Crippen molar-refractivity contribution in [2.75, 3.05) is 45.8 Å². The van der Waals surface area contributed by atoms with Crippen molar-refractivity contribution in [1.29, 1.82) is 0 Å². The predicted molar refractivity (Wildman–Crippen MR) is 132 cm³/mol. The van der Waals surface area contributed by atoms with Crippen LogP contribution < -0.4 is 5.32 Å². The van der Waals surface area contributed by atoms with Gasteiger partial charge in [0.25, 0.3) is 5.91 Å². The van der Waals surface area contributed by atoms with Crippen LogP contribution in [0.1, 0.15) is 68.6 Å². The molecule has 3 aliphatic rings. The molecular formula is C27H41FN4O2. The molecule has 2 heterocycles. The molecule has 1 N–H and O–H groups in total. The van der Waals surface area contributed by atoms with Crippen LogP contribution in [0.4, 0.5) is 4.39 Å². The van der Waals surface area contributed by atoms with Crippen LogP contribution in [0, 0.1) is 11.7 Å². The number of halogens is 1. The fourth-order valence-corrected chi connectivity index (χ4v) is 6.05. The van der Waals surface area contributed by atoms with Crippen molar-refractivity contribution in [2.24, 2.45) is 5.92 Å². The lowest BCUT2D eigenvalue weighted by Gasteiger charge is -2.41. The summed E-state index contributed by atoms with van der Waals surface area (Å²) in [5.74, 6) is 0.0289. The monoisotopic (exact) mass is 472 g/mol. The van der Waals surface area contributed by atoms with Gasteiger partial charge >= 0.3 is 0 Å². The molecule has 188 valence electrons. The molecule has 2 amide bonds. The van der Waals surface area contributed by atoms with Crippen LogP contribution in [0.2, 0.25) is 0 Å². The second kappa shape index (κ2) is 12.1. The fourth-order valence-electron chi connectivity index (χ4n) is 6.05. The number of hydrogen-bond donors (Lipinski definition) is 1. The van der Waals surface area contributed by atoms with Crippen LogP contribution >= 0.6 is 0 Å². The average Bonchev–Trinajstić information content (AvgIpc) is 3.37. The van der Waals surface area contributed by atoms with Crippen LogP contribution in [0.3, 0.4) is 0 Å². The third kappa shape index (κ3) is 6.36. The van der Waals surface area contributed by atoms with Crippen molar-refractivity contribution >= 4 is 11.8 Å². The summed E-state index contributed by atoms with van der Waals surface area (Å²) in [5.41, 5.74) is 0.390. The van der Waals surface area contributed by atoms with Gasteiger partial charge in [0.2, 0.25) is 5.91 Å². The Hall–Kier alpha value is -1.99. The molecule has 34 heavy (non-hydrogen) atoms. The largest absolute Gasteiger partial charge is 0.355 e. The Bertz CT molecular complexity index is 821. The summed E-state index contributed by atoms with van der Waals surface area (Å²) in [6.45, 7) is 7.77. The molecule has 1 aliphatic carbocycles. The Labute approximate surface area is 203 Å². The first kappa shape index (κ1) is 25.1. The van der Waals surface area contributed by atoms with Gasteiger partial charge in [-0.25, -0.2) is 4.39 Å². The molecule has 0 unspecified atom stereocenters. The van der Waals surface area contributed by atoms with Gasteiger partial charge in [0.1, 0.15) is 5.82 Å². The lowest BCUT2D eigenvalue weighted by atomic mass is 9.95. The molecule has 4 rings (SSSR count). The molecule has 0 radical (unpaired) electrons. The third-order valence-electron chi connectivity index (χ3n) is 8.04. The fraction of sp³-hybridized carbons (Fsp3) is 0.704. The van der Waals surface area contributed by atoms with Gasteiger partial charge in [-0.2, -0.15) is 0 Å². The van der Waals surface area contributed by atoms with E-state index in [0.717, 1.165) is 32.4 Å². The normalized spacial score (nSPS) is 23.7. The second-order valence-corrected chi connectivity index (χ2v) is 10.4. The van der Waals surface area contributed by atoms with E-state index < -0.39 is 5.82 Å². The second-order valence-electron chi connectivity index (χ2n) is 10.4. The zero-order valence-corrected chi connectivity index (χ0v) is 20.7. The van der Waals surface area contributed by atoms with Crippen LogP contribution in [0.5, 0.6) is 0 Å². The number of hydrogen-bond acceptors (Lipinski definition) is 4. The first-order valence-electron chi connectivity index (χ1n) is 13.3. The van der Waals surface area contributed by atoms with E-state index >= 15 is 0 Å². The van der Waals surface area contributed by atoms with Crippen molar-refractivity contribution in [2.45, 2.75) is 70.4 Å². The molecule has 6 nitrogen and oxygen atoms in total. The number of likely N-dealkylation sites (tertiary alicyclic amines) is 1. The molecule has 3 fully saturated rings. The number of carbonyl (C=O) groups is 2. The summed E-state index contributed by atoms with van der Waals surface area (Å²) < 4.78 is 13.6. The molecule has 1 aromatic rings. The molecule has 7 heteroatoms. The number of carbonyl (C=O) groups excluding carboxylic acids is 2. The quantitative estimate of drug-likeness (QED) is 0.588. The minimum absolute atomic E-state index is 0.108. The van der Waals surface area contributed by atoms with Crippen LogP contribution in [-0.4, -0.2) is 84.4 Å². The maximum atomic E-state index is 13.6. The molecule has 0 bridgehead atoms. The molecule has 2 saturated heterocycles. The summed E-state index contributed by atoms with van der Waals surface area (Å²) in [7, 11) is 0. The topological polar surface area (TPSA) is 55.9 Å². The van der Waals surface area contributed by atoms with Crippen molar-refractivity contribution in [1.82, 2.24) is 20.0 Å². The van der Waals surface area contributed by atoms with Crippen LogP contribution in [0.15, 0.2) is 24.3 Å². The van der Waals surface area contributed by atoms with Crippen molar-refractivity contribution < 1.29 is 14.0 Å². The maximum Gasteiger partial charge on any atom is 0.254 e. The van der Waals surface area contributed by atoms with E-state index in [2.05, 4.69) is 22.0 Å².